The first kappa shape index (κ1) is 41.6. The van der Waals surface area contributed by atoms with Crippen molar-refractivity contribution in [1.82, 2.24) is 0 Å². The van der Waals surface area contributed by atoms with E-state index in [9.17, 15) is 14.7 Å². The van der Waals surface area contributed by atoms with Crippen LogP contribution in [0.3, 0.4) is 0 Å². The first-order valence-electron chi connectivity index (χ1n) is 18.8. The number of para-hydroxylation sites is 1. The molecule has 0 saturated carbocycles. The highest BCUT2D eigenvalue weighted by molar-refractivity contribution is 5.73. The van der Waals surface area contributed by atoms with Crippen LogP contribution in [0, 0.1) is 0 Å². The molecule has 294 valence electrons. The van der Waals surface area contributed by atoms with Crippen molar-refractivity contribution < 1.29 is 43.5 Å². The molecule has 2 atom stereocenters. The molecular formula is C48H48O9. The Morgan fingerprint density at radius 1 is 0.439 bits per heavy atom. The Hall–Kier alpha value is -6.58. The van der Waals surface area contributed by atoms with Crippen molar-refractivity contribution in [2.24, 2.45) is 0 Å². The lowest BCUT2D eigenvalue weighted by Gasteiger charge is -2.15. The molecule has 0 amide bonds. The van der Waals surface area contributed by atoms with E-state index >= 15 is 0 Å². The first-order valence-corrected chi connectivity index (χ1v) is 18.8. The molecular weight excluding hydrogens is 721 g/mol. The van der Waals surface area contributed by atoms with Crippen LogP contribution in [-0.4, -0.2) is 54.7 Å². The zero-order chi connectivity index (χ0) is 40.1. The van der Waals surface area contributed by atoms with Crippen molar-refractivity contribution in [3.8, 4) is 23.0 Å². The van der Waals surface area contributed by atoms with Crippen molar-refractivity contribution >= 4 is 11.9 Å². The highest BCUT2D eigenvalue weighted by Crippen LogP contribution is 2.19. The Labute approximate surface area is 334 Å². The standard InChI is InChI=1S/C25H26O5.C23H22O4/c1-28-24(25(26)27)17-20-9-13-22(14-10-20)29-16-15-19-7-11-23(12-8-19)30-18-21-5-3-2-4-6-21;24-23(25)22(27-21-9-5-2-6-10-21)17-19-11-13-20(14-12-19)26-16-15-18-7-3-1-4-8-18/h2-14,24H,15-18H2,1H3,(H,26,27);1-14,22H,15-17H2,(H,24,25). The fourth-order valence-corrected chi connectivity index (χ4v) is 5.70. The minimum Gasteiger partial charge on any atom is -0.493 e. The Bertz CT molecular complexity index is 2040. The molecule has 0 saturated heterocycles. The number of benzene rings is 6. The van der Waals surface area contributed by atoms with Crippen molar-refractivity contribution in [1.29, 1.82) is 0 Å². The van der Waals surface area contributed by atoms with Gasteiger partial charge in [0.05, 0.1) is 13.2 Å². The van der Waals surface area contributed by atoms with E-state index in [1.807, 2.05) is 140 Å². The Morgan fingerprint density at radius 2 is 0.825 bits per heavy atom. The maximum atomic E-state index is 11.5. The molecule has 0 heterocycles. The number of hydrogen-bond donors (Lipinski definition) is 2. The Balaban J connectivity index is 0.000000219. The van der Waals surface area contributed by atoms with E-state index in [0.29, 0.717) is 32.0 Å². The SMILES string of the molecule is COC(Cc1ccc(OCCc2ccc(OCc3ccccc3)cc2)cc1)C(=O)O.O=C(O)C(Cc1ccc(OCCc2ccccc2)cc1)Oc1ccccc1. The van der Waals surface area contributed by atoms with E-state index in [0.717, 1.165) is 46.8 Å². The molecule has 0 aromatic heterocycles. The quantitative estimate of drug-likeness (QED) is 0.0785. The van der Waals surface area contributed by atoms with Crippen LogP contribution in [0.2, 0.25) is 0 Å². The van der Waals surface area contributed by atoms with E-state index in [4.69, 9.17) is 28.8 Å². The summed E-state index contributed by atoms with van der Waals surface area (Å²) in [5.41, 5.74) is 5.32. The van der Waals surface area contributed by atoms with E-state index < -0.39 is 24.1 Å². The molecule has 6 aromatic rings. The molecule has 6 rings (SSSR count). The second-order valence-electron chi connectivity index (χ2n) is 13.1. The van der Waals surface area contributed by atoms with Crippen LogP contribution in [0.5, 0.6) is 23.0 Å². The maximum Gasteiger partial charge on any atom is 0.345 e. The van der Waals surface area contributed by atoms with Crippen molar-refractivity contribution in [2.75, 3.05) is 20.3 Å². The summed E-state index contributed by atoms with van der Waals surface area (Å²) < 4.78 is 27.9. The van der Waals surface area contributed by atoms with E-state index in [1.54, 1.807) is 12.1 Å². The molecule has 0 aliphatic rings. The Morgan fingerprint density at radius 3 is 1.28 bits per heavy atom. The molecule has 0 aliphatic carbocycles. The van der Waals surface area contributed by atoms with Gasteiger partial charge in [0.15, 0.2) is 12.2 Å². The second kappa shape index (κ2) is 22.7. The third-order valence-corrected chi connectivity index (χ3v) is 8.88. The van der Waals surface area contributed by atoms with Gasteiger partial charge in [-0.1, -0.05) is 115 Å². The summed E-state index contributed by atoms with van der Waals surface area (Å²) in [5, 5.41) is 18.5. The van der Waals surface area contributed by atoms with Gasteiger partial charge in [0.25, 0.3) is 0 Å². The van der Waals surface area contributed by atoms with Gasteiger partial charge in [0.2, 0.25) is 0 Å². The van der Waals surface area contributed by atoms with Crippen LogP contribution in [0.15, 0.2) is 164 Å². The smallest absolute Gasteiger partial charge is 0.345 e. The summed E-state index contributed by atoms with van der Waals surface area (Å²) in [6.07, 6.45) is 0.466. The first-order chi connectivity index (χ1) is 27.8. The van der Waals surface area contributed by atoms with Gasteiger partial charge in [0, 0.05) is 32.8 Å². The van der Waals surface area contributed by atoms with Crippen LogP contribution < -0.4 is 18.9 Å². The lowest BCUT2D eigenvalue weighted by molar-refractivity contribution is -0.148. The average molecular weight is 769 g/mol. The number of carbonyl (C=O) groups is 2. The fourth-order valence-electron chi connectivity index (χ4n) is 5.70. The number of methoxy groups -OCH3 is 1. The topological polar surface area (TPSA) is 121 Å². The van der Waals surface area contributed by atoms with Crippen LogP contribution in [0.1, 0.15) is 27.8 Å². The predicted octanol–water partition coefficient (Wildman–Crippen LogP) is 8.91. The summed E-state index contributed by atoms with van der Waals surface area (Å²) in [6, 6.07) is 52.2. The zero-order valence-corrected chi connectivity index (χ0v) is 31.9. The van der Waals surface area contributed by atoms with Gasteiger partial charge < -0.3 is 33.9 Å². The van der Waals surface area contributed by atoms with E-state index in [2.05, 4.69) is 12.1 Å². The molecule has 0 spiro atoms. The molecule has 6 aromatic carbocycles. The summed E-state index contributed by atoms with van der Waals surface area (Å²) >= 11 is 0. The molecule has 2 unspecified atom stereocenters. The number of carboxylic acid groups (broad SMARTS) is 2. The second-order valence-corrected chi connectivity index (χ2v) is 13.1. The largest absolute Gasteiger partial charge is 0.493 e. The number of carboxylic acids is 2. The summed E-state index contributed by atoms with van der Waals surface area (Å²) in [7, 11) is 1.40. The number of aliphatic carboxylic acids is 2. The highest BCUT2D eigenvalue weighted by atomic mass is 16.5. The number of hydrogen-bond acceptors (Lipinski definition) is 7. The third-order valence-electron chi connectivity index (χ3n) is 8.88. The molecule has 57 heavy (non-hydrogen) atoms. The maximum absolute atomic E-state index is 11.5. The monoisotopic (exact) mass is 768 g/mol. The molecule has 0 bridgehead atoms. The van der Waals surface area contributed by atoms with Gasteiger partial charge in [-0.15, -0.1) is 0 Å². The zero-order valence-electron chi connectivity index (χ0n) is 31.9. The van der Waals surface area contributed by atoms with Gasteiger partial charge in [-0.2, -0.15) is 0 Å². The molecule has 0 fully saturated rings. The van der Waals surface area contributed by atoms with Crippen molar-refractivity contribution in [3.63, 3.8) is 0 Å². The summed E-state index contributed by atoms with van der Waals surface area (Å²) in [5.74, 6) is 0.966. The van der Waals surface area contributed by atoms with Crippen LogP contribution in [-0.2, 0) is 46.6 Å². The number of rotatable bonds is 20. The van der Waals surface area contributed by atoms with Crippen LogP contribution in [0.25, 0.3) is 0 Å². The highest BCUT2D eigenvalue weighted by Gasteiger charge is 2.20. The van der Waals surface area contributed by atoms with Crippen LogP contribution >= 0.6 is 0 Å². The van der Waals surface area contributed by atoms with Crippen LogP contribution in [0.4, 0.5) is 0 Å². The van der Waals surface area contributed by atoms with E-state index in [-0.39, 0.29) is 6.42 Å². The van der Waals surface area contributed by atoms with Crippen molar-refractivity contribution in [2.45, 2.75) is 44.5 Å². The lowest BCUT2D eigenvalue weighted by Crippen LogP contribution is -2.29. The average Bonchev–Trinajstić information content (AvgIpc) is 3.24. The molecule has 9 nitrogen and oxygen atoms in total. The van der Waals surface area contributed by atoms with Gasteiger partial charge in [-0.05, 0) is 76.3 Å². The van der Waals surface area contributed by atoms with Crippen molar-refractivity contribution in [3.05, 3.63) is 192 Å². The minimum absolute atomic E-state index is 0.286. The van der Waals surface area contributed by atoms with Gasteiger partial charge in [0.1, 0.15) is 29.6 Å². The predicted molar refractivity (Wildman–Crippen MR) is 219 cm³/mol. The normalized spacial score (nSPS) is 11.6. The van der Waals surface area contributed by atoms with Gasteiger partial charge in [-0.25, -0.2) is 9.59 Å². The molecule has 0 aliphatic heterocycles. The summed E-state index contributed by atoms with van der Waals surface area (Å²) in [4.78, 5) is 22.5. The molecule has 9 heteroatoms. The lowest BCUT2D eigenvalue weighted by atomic mass is 10.1. The Kier molecular flexibility index (Phi) is 16.6. The fraction of sp³-hybridized carbons (Fsp3) is 0.208. The minimum atomic E-state index is -0.984. The third kappa shape index (κ3) is 14.9. The van der Waals surface area contributed by atoms with E-state index in [1.165, 1.54) is 18.2 Å². The van der Waals surface area contributed by atoms with Gasteiger partial charge >= 0.3 is 11.9 Å². The molecule has 0 radical (unpaired) electrons. The number of ether oxygens (including phenoxy) is 5. The molecule has 2 N–H and O–H groups in total. The van der Waals surface area contributed by atoms with Gasteiger partial charge in [-0.3, -0.25) is 0 Å². The summed E-state index contributed by atoms with van der Waals surface area (Å²) in [6.45, 7) is 1.70.